The minimum Gasteiger partial charge on any atom is -0.493 e. The van der Waals surface area contributed by atoms with Crippen LogP contribution in [0.3, 0.4) is 0 Å². The Kier molecular flexibility index (Phi) is 3.89. The monoisotopic (exact) mass is 311 g/mol. The van der Waals surface area contributed by atoms with Crippen molar-refractivity contribution in [3.05, 3.63) is 58.5 Å². The predicted molar refractivity (Wildman–Crippen MR) is 88.9 cm³/mol. The summed E-state index contributed by atoms with van der Waals surface area (Å²) in [5, 5.41) is 0. The fourth-order valence-corrected chi connectivity index (χ4v) is 2.41. The van der Waals surface area contributed by atoms with Gasteiger partial charge in [0.05, 0.1) is 24.1 Å². The van der Waals surface area contributed by atoms with E-state index >= 15 is 0 Å². The minimum absolute atomic E-state index is 0.102. The number of para-hydroxylation sites is 1. The Hall–Kier alpha value is -3.02. The molecule has 0 saturated carbocycles. The first kappa shape index (κ1) is 14.9. The molecule has 3 aromatic rings. The molecule has 3 N–H and O–H groups in total. The van der Waals surface area contributed by atoms with Crippen LogP contribution in [-0.4, -0.2) is 22.1 Å². The molecular weight excluding hydrogens is 294 g/mol. The third kappa shape index (κ3) is 2.96. The van der Waals surface area contributed by atoms with Crippen LogP contribution in [0.5, 0.6) is 5.75 Å². The molecule has 0 fully saturated rings. The second kappa shape index (κ2) is 6.00. The number of imidazole rings is 1. The zero-order valence-corrected chi connectivity index (χ0v) is 12.7. The summed E-state index contributed by atoms with van der Waals surface area (Å²) in [4.78, 5) is 27.0. The third-order valence-electron chi connectivity index (χ3n) is 3.65. The van der Waals surface area contributed by atoms with Crippen LogP contribution in [0.1, 0.15) is 16.8 Å². The summed E-state index contributed by atoms with van der Waals surface area (Å²) in [6, 6.07) is 12.6. The van der Waals surface area contributed by atoms with Crippen molar-refractivity contribution in [1.29, 1.82) is 0 Å². The number of nitrogen functional groups attached to an aromatic ring is 1. The van der Waals surface area contributed by atoms with Crippen molar-refractivity contribution in [2.45, 2.75) is 13.3 Å². The average molecular weight is 311 g/mol. The van der Waals surface area contributed by atoms with Gasteiger partial charge in [0, 0.05) is 5.69 Å². The van der Waals surface area contributed by atoms with Crippen LogP contribution in [0, 0.1) is 6.92 Å². The fourth-order valence-electron chi connectivity index (χ4n) is 2.41. The highest BCUT2D eigenvalue weighted by atomic mass is 16.5. The molecule has 3 rings (SSSR count). The Labute approximate surface area is 132 Å². The Bertz CT molecular complexity index is 910. The molecule has 0 atom stereocenters. The van der Waals surface area contributed by atoms with Gasteiger partial charge in [-0.1, -0.05) is 18.2 Å². The van der Waals surface area contributed by atoms with E-state index in [1.54, 1.807) is 12.1 Å². The molecular formula is C17H17N3O3. The smallest absolute Gasteiger partial charge is 0.333 e. The van der Waals surface area contributed by atoms with Gasteiger partial charge in [-0.05, 0) is 36.8 Å². The van der Waals surface area contributed by atoms with Crippen LogP contribution >= 0.6 is 0 Å². The van der Waals surface area contributed by atoms with E-state index in [0.717, 1.165) is 10.1 Å². The van der Waals surface area contributed by atoms with Crippen LogP contribution in [-0.2, 0) is 0 Å². The van der Waals surface area contributed by atoms with Gasteiger partial charge in [0.15, 0.2) is 0 Å². The molecule has 0 aliphatic rings. The largest absolute Gasteiger partial charge is 0.493 e. The van der Waals surface area contributed by atoms with Gasteiger partial charge in [-0.3, -0.25) is 4.79 Å². The second-order valence-corrected chi connectivity index (χ2v) is 5.30. The quantitative estimate of drug-likeness (QED) is 0.724. The zero-order chi connectivity index (χ0) is 16.4. The molecule has 118 valence electrons. The number of fused-ring (bicyclic) bond motifs is 1. The average Bonchev–Trinajstić information content (AvgIpc) is 2.84. The number of nitrogens with two attached hydrogens (primary N) is 1. The number of ether oxygens (including phenoxy) is 1. The van der Waals surface area contributed by atoms with Crippen LogP contribution in [0.2, 0.25) is 0 Å². The first-order chi connectivity index (χ1) is 11.1. The summed E-state index contributed by atoms with van der Waals surface area (Å²) in [6.07, 6.45) is 0.102. The number of aryl methyl sites for hydroxylation is 1. The van der Waals surface area contributed by atoms with Crippen molar-refractivity contribution < 1.29 is 9.53 Å². The first-order valence-corrected chi connectivity index (χ1v) is 7.28. The molecule has 6 nitrogen and oxygen atoms in total. The fraction of sp³-hybridized carbons (Fsp3) is 0.176. The number of anilines is 1. The lowest BCUT2D eigenvalue weighted by Gasteiger charge is -2.06. The number of hydrogen-bond acceptors (Lipinski definition) is 4. The lowest BCUT2D eigenvalue weighted by molar-refractivity contribution is 0.0882. The Balaban J connectivity index is 1.79. The van der Waals surface area contributed by atoms with Crippen molar-refractivity contribution in [3.8, 4) is 5.75 Å². The maximum Gasteiger partial charge on any atom is 0.333 e. The number of aromatic nitrogens is 2. The molecule has 6 heteroatoms. The van der Waals surface area contributed by atoms with E-state index in [1.807, 2.05) is 37.3 Å². The molecule has 2 aromatic carbocycles. The van der Waals surface area contributed by atoms with Crippen molar-refractivity contribution in [2.75, 3.05) is 12.3 Å². The van der Waals surface area contributed by atoms with Gasteiger partial charge in [-0.2, -0.15) is 0 Å². The first-order valence-electron chi connectivity index (χ1n) is 7.28. The zero-order valence-electron chi connectivity index (χ0n) is 12.7. The van der Waals surface area contributed by atoms with E-state index in [9.17, 15) is 9.59 Å². The van der Waals surface area contributed by atoms with E-state index in [-0.39, 0.29) is 18.9 Å². The van der Waals surface area contributed by atoms with Crippen molar-refractivity contribution in [1.82, 2.24) is 9.55 Å². The Morgan fingerprint density at radius 2 is 2.00 bits per heavy atom. The highest BCUT2D eigenvalue weighted by Gasteiger charge is 2.15. The van der Waals surface area contributed by atoms with E-state index in [1.165, 1.54) is 0 Å². The van der Waals surface area contributed by atoms with Crippen LogP contribution < -0.4 is 16.2 Å². The van der Waals surface area contributed by atoms with E-state index in [4.69, 9.17) is 10.5 Å². The molecule has 23 heavy (non-hydrogen) atoms. The third-order valence-corrected chi connectivity index (χ3v) is 3.65. The number of aromatic amines is 1. The van der Waals surface area contributed by atoms with Crippen molar-refractivity contribution in [2.24, 2.45) is 0 Å². The lowest BCUT2D eigenvalue weighted by Crippen LogP contribution is -2.25. The molecule has 0 unspecified atom stereocenters. The SMILES string of the molecule is Cc1cc2c(cc1N)[nH]c(=O)n2C(=O)CCOc1ccccc1. The molecule has 0 bridgehead atoms. The van der Waals surface area contributed by atoms with Gasteiger partial charge >= 0.3 is 5.69 Å². The minimum atomic E-state index is -0.463. The maximum absolute atomic E-state index is 12.4. The topological polar surface area (TPSA) is 90.1 Å². The van der Waals surface area contributed by atoms with E-state index in [2.05, 4.69) is 4.98 Å². The van der Waals surface area contributed by atoms with Gasteiger partial charge in [0.25, 0.3) is 0 Å². The highest BCUT2D eigenvalue weighted by molar-refractivity contribution is 5.91. The summed E-state index contributed by atoms with van der Waals surface area (Å²) < 4.78 is 6.64. The van der Waals surface area contributed by atoms with E-state index in [0.29, 0.717) is 22.5 Å². The standard InChI is InChI=1S/C17H17N3O3/c1-11-9-15-14(10-13(11)18)19-17(22)20(15)16(21)7-8-23-12-5-3-2-4-6-12/h2-6,9-10H,7-8,18H2,1H3,(H,19,22). The summed E-state index contributed by atoms with van der Waals surface area (Å²) in [7, 11) is 0. The van der Waals surface area contributed by atoms with E-state index < -0.39 is 5.69 Å². The van der Waals surface area contributed by atoms with Gasteiger partial charge < -0.3 is 15.5 Å². The van der Waals surface area contributed by atoms with Crippen LogP contribution in [0.25, 0.3) is 11.0 Å². The molecule has 0 spiro atoms. The molecule has 0 aliphatic heterocycles. The summed E-state index contributed by atoms with van der Waals surface area (Å²) in [5.41, 5.74) is 7.84. The maximum atomic E-state index is 12.4. The van der Waals surface area contributed by atoms with Gasteiger partial charge in [-0.25, -0.2) is 9.36 Å². The van der Waals surface area contributed by atoms with Crippen molar-refractivity contribution in [3.63, 3.8) is 0 Å². The number of benzene rings is 2. The molecule has 0 saturated heterocycles. The summed E-state index contributed by atoms with van der Waals surface area (Å²) in [5.74, 6) is 0.372. The predicted octanol–water partition coefficient (Wildman–Crippen LogP) is 2.33. The Morgan fingerprint density at radius 1 is 1.26 bits per heavy atom. The highest BCUT2D eigenvalue weighted by Crippen LogP contribution is 2.19. The second-order valence-electron chi connectivity index (χ2n) is 5.30. The Morgan fingerprint density at radius 3 is 2.74 bits per heavy atom. The lowest BCUT2D eigenvalue weighted by atomic mass is 10.2. The number of nitrogens with one attached hydrogen (secondary N) is 1. The van der Waals surface area contributed by atoms with Gasteiger partial charge in [0.1, 0.15) is 5.75 Å². The molecule has 0 amide bonds. The number of carbonyl (C=O) groups is 1. The number of rotatable bonds is 4. The number of nitrogens with zero attached hydrogens (tertiary/aromatic N) is 1. The summed E-state index contributed by atoms with van der Waals surface area (Å²) >= 11 is 0. The molecule has 0 aliphatic carbocycles. The number of carbonyl (C=O) groups excluding carboxylic acids is 1. The van der Waals surface area contributed by atoms with Crippen molar-refractivity contribution >= 4 is 22.6 Å². The molecule has 1 heterocycles. The molecule has 0 radical (unpaired) electrons. The molecule has 1 aromatic heterocycles. The number of H-pyrrole nitrogens is 1. The van der Waals surface area contributed by atoms with Crippen LogP contribution in [0.4, 0.5) is 5.69 Å². The van der Waals surface area contributed by atoms with Gasteiger partial charge in [-0.15, -0.1) is 0 Å². The normalized spacial score (nSPS) is 10.8. The number of hydrogen-bond donors (Lipinski definition) is 2. The summed E-state index contributed by atoms with van der Waals surface area (Å²) in [6.45, 7) is 2.04. The van der Waals surface area contributed by atoms with Crippen LogP contribution in [0.15, 0.2) is 47.3 Å². The van der Waals surface area contributed by atoms with Gasteiger partial charge in [0.2, 0.25) is 5.91 Å².